The third-order valence-corrected chi connectivity index (χ3v) is 3.92. The number of thiophene rings is 1. The monoisotopic (exact) mass is 275 g/mol. The maximum absolute atomic E-state index is 4.52. The molecule has 0 aliphatic heterocycles. The van der Waals surface area contributed by atoms with Gasteiger partial charge in [-0.3, -0.25) is 0 Å². The summed E-state index contributed by atoms with van der Waals surface area (Å²) in [5, 5.41) is 3.48. The first-order valence-corrected chi connectivity index (χ1v) is 7.36. The number of aromatic nitrogens is 2. The molecule has 102 valence electrons. The maximum Gasteiger partial charge on any atom is 0.203 e. The van der Waals surface area contributed by atoms with Crippen LogP contribution in [0.2, 0.25) is 0 Å². The van der Waals surface area contributed by atoms with Gasteiger partial charge in [-0.2, -0.15) is 0 Å². The predicted octanol–water partition coefficient (Wildman–Crippen LogP) is 3.79. The van der Waals surface area contributed by atoms with E-state index >= 15 is 0 Å². The second kappa shape index (κ2) is 6.06. The number of hydrogen-bond acceptors (Lipinski definition) is 3. The molecule has 0 bridgehead atoms. The van der Waals surface area contributed by atoms with Crippen LogP contribution in [0.5, 0.6) is 0 Å². The Morgan fingerprint density at radius 2 is 2.26 bits per heavy atom. The molecule has 0 saturated carbocycles. The third kappa shape index (κ3) is 3.70. The molecule has 0 aliphatic carbocycles. The van der Waals surface area contributed by atoms with E-state index in [4.69, 9.17) is 0 Å². The summed E-state index contributed by atoms with van der Waals surface area (Å²) in [6.07, 6.45) is 4.96. The van der Waals surface area contributed by atoms with E-state index in [9.17, 15) is 0 Å². The van der Waals surface area contributed by atoms with Gasteiger partial charge >= 0.3 is 0 Å². The zero-order valence-corrected chi connectivity index (χ0v) is 12.6. The highest BCUT2D eigenvalue weighted by atomic mass is 32.1. The van der Waals surface area contributed by atoms with Crippen LogP contribution < -0.4 is 5.32 Å². The lowest BCUT2D eigenvalue weighted by molar-refractivity contribution is 0.750. The molecule has 0 spiro atoms. The maximum atomic E-state index is 4.52. The molecule has 1 atom stereocenters. The van der Waals surface area contributed by atoms with E-state index in [1.807, 2.05) is 30.5 Å². The molecule has 0 saturated heterocycles. The Bertz CT molecular complexity index is 553. The molecule has 3 nitrogen and oxygen atoms in total. The molecule has 2 rings (SSSR count). The minimum absolute atomic E-state index is 0.364. The lowest BCUT2D eigenvalue weighted by Gasteiger charge is -2.14. The highest BCUT2D eigenvalue weighted by molar-refractivity contribution is 7.11. The van der Waals surface area contributed by atoms with Gasteiger partial charge in [-0.15, -0.1) is 17.9 Å². The minimum atomic E-state index is 0.364. The summed E-state index contributed by atoms with van der Waals surface area (Å²) in [6, 6.07) is 4.75. The van der Waals surface area contributed by atoms with Crippen molar-refractivity contribution in [2.45, 2.75) is 39.8 Å². The summed E-state index contributed by atoms with van der Waals surface area (Å²) < 4.78 is 2.10. The Morgan fingerprint density at radius 1 is 1.47 bits per heavy atom. The molecular weight excluding hydrogens is 254 g/mol. The van der Waals surface area contributed by atoms with Crippen LogP contribution in [0.25, 0.3) is 0 Å². The first-order chi connectivity index (χ1) is 9.08. The molecule has 0 fully saturated rings. The highest BCUT2D eigenvalue weighted by Gasteiger charge is 2.10. The van der Waals surface area contributed by atoms with E-state index in [0.29, 0.717) is 6.04 Å². The Hall–Kier alpha value is -1.55. The Kier molecular flexibility index (Phi) is 4.43. The molecule has 0 amide bonds. The fourth-order valence-electron chi connectivity index (χ4n) is 2.11. The number of hydrogen-bond donors (Lipinski definition) is 1. The van der Waals surface area contributed by atoms with E-state index in [2.05, 4.69) is 47.4 Å². The van der Waals surface area contributed by atoms with Crippen LogP contribution in [0.4, 0.5) is 5.95 Å². The van der Waals surface area contributed by atoms with Crippen molar-refractivity contribution in [1.29, 1.82) is 0 Å². The van der Waals surface area contributed by atoms with Gasteiger partial charge in [-0.25, -0.2) is 4.98 Å². The molecule has 19 heavy (non-hydrogen) atoms. The van der Waals surface area contributed by atoms with Crippen molar-refractivity contribution in [2.75, 3.05) is 5.32 Å². The van der Waals surface area contributed by atoms with Crippen LogP contribution in [0.3, 0.4) is 0 Å². The quantitative estimate of drug-likeness (QED) is 0.813. The van der Waals surface area contributed by atoms with Crippen molar-refractivity contribution < 1.29 is 0 Å². The van der Waals surface area contributed by atoms with Crippen LogP contribution in [-0.2, 0) is 13.0 Å². The number of nitrogens with zero attached hydrogens (tertiary/aromatic N) is 2. The molecule has 0 aliphatic rings. The normalized spacial score (nSPS) is 12.4. The zero-order valence-electron chi connectivity index (χ0n) is 11.8. The predicted molar refractivity (Wildman–Crippen MR) is 83.0 cm³/mol. The van der Waals surface area contributed by atoms with Gasteiger partial charge in [0.05, 0.1) is 5.69 Å². The van der Waals surface area contributed by atoms with E-state index in [1.165, 1.54) is 9.75 Å². The Balaban J connectivity index is 2.01. The van der Waals surface area contributed by atoms with E-state index in [-0.39, 0.29) is 0 Å². The van der Waals surface area contributed by atoms with E-state index < -0.39 is 0 Å². The second-order valence-corrected chi connectivity index (χ2v) is 6.28. The smallest absolute Gasteiger partial charge is 0.203 e. The lowest BCUT2D eigenvalue weighted by Crippen LogP contribution is -2.20. The summed E-state index contributed by atoms with van der Waals surface area (Å²) in [6.45, 7) is 10.9. The van der Waals surface area contributed by atoms with Gasteiger partial charge in [0.15, 0.2) is 0 Å². The molecular formula is C15H21N3S. The van der Waals surface area contributed by atoms with E-state index in [0.717, 1.165) is 24.6 Å². The number of imidazole rings is 1. The summed E-state index contributed by atoms with van der Waals surface area (Å²) >= 11 is 1.86. The van der Waals surface area contributed by atoms with Crippen molar-refractivity contribution in [2.24, 2.45) is 0 Å². The van der Waals surface area contributed by atoms with Gasteiger partial charge in [0.25, 0.3) is 0 Å². The average Bonchev–Trinajstić information content (AvgIpc) is 2.87. The van der Waals surface area contributed by atoms with Gasteiger partial charge < -0.3 is 9.88 Å². The van der Waals surface area contributed by atoms with Gasteiger partial charge in [0, 0.05) is 35.0 Å². The largest absolute Gasteiger partial charge is 0.353 e. The molecule has 0 radical (unpaired) electrons. The summed E-state index contributed by atoms with van der Waals surface area (Å²) in [7, 11) is 0. The zero-order chi connectivity index (χ0) is 13.8. The van der Waals surface area contributed by atoms with Crippen molar-refractivity contribution >= 4 is 17.3 Å². The molecule has 4 heteroatoms. The van der Waals surface area contributed by atoms with Crippen molar-refractivity contribution in [3.8, 4) is 0 Å². The summed E-state index contributed by atoms with van der Waals surface area (Å²) in [5.41, 5.74) is 1.03. The summed E-state index contributed by atoms with van der Waals surface area (Å²) in [4.78, 5) is 7.30. The third-order valence-electron chi connectivity index (χ3n) is 2.90. The van der Waals surface area contributed by atoms with Gasteiger partial charge in [0.1, 0.15) is 0 Å². The fourth-order valence-corrected chi connectivity index (χ4v) is 3.13. The van der Waals surface area contributed by atoms with Crippen LogP contribution in [0.15, 0.2) is 31.0 Å². The van der Waals surface area contributed by atoms with Gasteiger partial charge in [-0.05, 0) is 32.9 Å². The SMILES string of the molecule is C=CCn1cc(C)nc1NC(C)Cc1ccc(C)s1. The van der Waals surface area contributed by atoms with Gasteiger partial charge in [-0.1, -0.05) is 6.08 Å². The van der Waals surface area contributed by atoms with Gasteiger partial charge in [0.2, 0.25) is 5.95 Å². The molecule has 1 N–H and O–H groups in total. The number of anilines is 1. The first-order valence-electron chi connectivity index (χ1n) is 6.55. The standard InChI is InChI=1S/C15H21N3S/c1-5-8-18-10-12(3)17-15(18)16-11(2)9-14-7-6-13(4)19-14/h5-7,10-11H,1,8-9H2,2-4H3,(H,16,17). The average molecular weight is 275 g/mol. The highest BCUT2D eigenvalue weighted by Crippen LogP contribution is 2.18. The summed E-state index contributed by atoms with van der Waals surface area (Å²) in [5.74, 6) is 0.929. The van der Waals surface area contributed by atoms with E-state index in [1.54, 1.807) is 0 Å². The minimum Gasteiger partial charge on any atom is -0.353 e. The van der Waals surface area contributed by atoms with Crippen molar-refractivity contribution in [3.63, 3.8) is 0 Å². The Labute approximate surface area is 119 Å². The van der Waals surface area contributed by atoms with Crippen molar-refractivity contribution in [3.05, 3.63) is 46.4 Å². The number of nitrogens with one attached hydrogen (secondary N) is 1. The van der Waals surface area contributed by atoms with Crippen LogP contribution in [0.1, 0.15) is 22.4 Å². The molecule has 2 heterocycles. The Morgan fingerprint density at radius 3 is 2.89 bits per heavy atom. The molecule has 0 aromatic carbocycles. The topological polar surface area (TPSA) is 29.9 Å². The fraction of sp³-hybridized carbons (Fsp3) is 0.400. The lowest BCUT2D eigenvalue weighted by atomic mass is 10.2. The molecule has 1 unspecified atom stereocenters. The molecule has 2 aromatic heterocycles. The van der Waals surface area contributed by atoms with Crippen LogP contribution in [0, 0.1) is 13.8 Å². The molecule has 2 aromatic rings. The van der Waals surface area contributed by atoms with Crippen LogP contribution in [-0.4, -0.2) is 15.6 Å². The number of rotatable bonds is 6. The second-order valence-electron chi connectivity index (χ2n) is 4.91. The first kappa shape index (κ1) is 13.9. The number of aryl methyl sites for hydroxylation is 2. The van der Waals surface area contributed by atoms with Crippen molar-refractivity contribution in [1.82, 2.24) is 9.55 Å². The number of allylic oxidation sites excluding steroid dienone is 1. The van der Waals surface area contributed by atoms with Crippen LogP contribution >= 0.6 is 11.3 Å².